The molecule has 142 valence electrons. The Morgan fingerprint density at radius 3 is 2.44 bits per heavy atom. The van der Waals surface area contributed by atoms with Gasteiger partial charge in [0.1, 0.15) is 5.75 Å². The summed E-state index contributed by atoms with van der Waals surface area (Å²) in [7, 11) is 1.62. The van der Waals surface area contributed by atoms with Crippen molar-refractivity contribution < 1.29 is 14.3 Å². The van der Waals surface area contributed by atoms with E-state index in [9.17, 15) is 9.59 Å². The predicted octanol–water partition coefficient (Wildman–Crippen LogP) is 4.37. The van der Waals surface area contributed by atoms with Crippen molar-refractivity contribution >= 4 is 23.0 Å². The highest BCUT2D eigenvalue weighted by Crippen LogP contribution is 2.31. The molecule has 1 aromatic carbocycles. The summed E-state index contributed by atoms with van der Waals surface area (Å²) < 4.78 is 5.15. The monoisotopic (exact) mass is 383 g/mol. The molecule has 2 aliphatic rings. The van der Waals surface area contributed by atoms with Crippen molar-refractivity contribution in [3.8, 4) is 5.75 Å². The van der Waals surface area contributed by atoms with E-state index in [1.165, 1.54) is 23.3 Å². The van der Waals surface area contributed by atoms with Crippen molar-refractivity contribution in [1.29, 1.82) is 0 Å². The van der Waals surface area contributed by atoms with Crippen molar-refractivity contribution in [3.05, 3.63) is 51.2 Å². The van der Waals surface area contributed by atoms with Crippen LogP contribution in [0.1, 0.15) is 56.2 Å². The van der Waals surface area contributed by atoms with Crippen molar-refractivity contribution in [2.75, 3.05) is 20.2 Å². The summed E-state index contributed by atoms with van der Waals surface area (Å²) in [6.45, 7) is 1.32. The number of hydrogen-bond acceptors (Lipinski definition) is 4. The third-order valence-corrected chi connectivity index (χ3v) is 6.96. The van der Waals surface area contributed by atoms with Crippen molar-refractivity contribution in [2.45, 2.75) is 38.5 Å². The lowest BCUT2D eigenvalue weighted by atomic mass is 9.89. The fourth-order valence-corrected chi connectivity index (χ4v) is 5.31. The molecule has 2 aromatic rings. The number of piperidine rings is 1. The number of likely N-dealkylation sites (tertiary alicyclic amines) is 1. The zero-order chi connectivity index (χ0) is 18.8. The van der Waals surface area contributed by atoms with Crippen LogP contribution in [0.4, 0.5) is 0 Å². The Morgan fingerprint density at radius 2 is 1.78 bits per heavy atom. The second-order valence-corrected chi connectivity index (χ2v) is 8.56. The van der Waals surface area contributed by atoms with Gasteiger partial charge in [-0.3, -0.25) is 9.59 Å². The average Bonchev–Trinajstić information content (AvgIpc) is 3.17. The third-order valence-electron chi connectivity index (χ3n) is 5.73. The highest BCUT2D eigenvalue weighted by molar-refractivity contribution is 7.14. The van der Waals surface area contributed by atoms with E-state index in [4.69, 9.17) is 4.74 Å². The van der Waals surface area contributed by atoms with E-state index < -0.39 is 0 Å². The van der Waals surface area contributed by atoms with Crippen LogP contribution in [0, 0.1) is 5.92 Å². The third kappa shape index (κ3) is 3.79. The molecule has 27 heavy (non-hydrogen) atoms. The van der Waals surface area contributed by atoms with E-state index in [-0.39, 0.29) is 17.6 Å². The Bertz CT molecular complexity index is 808. The van der Waals surface area contributed by atoms with Crippen molar-refractivity contribution in [2.24, 2.45) is 5.92 Å². The molecule has 0 radical (unpaired) electrons. The highest BCUT2D eigenvalue weighted by Gasteiger charge is 2.29. The molecule has 1 aromatic heterocycles. The maximum Gasteiger partial charge on any atom is 0.263 e. The number of ketones is 1. The molecule has 1 amide bonds. The Kier molecular flexibility index (Phi) is 5.30. The number of fused-ring (bicyclic) bond motifs is 1. The lowest BCUT2D eigenvalue weighted by Gasteiger charge is -2.31. The molecule has 4 rings (SSSR count). The number of nitrogens with zero attached hydrogens (tertiary/aromatic N) is 1. The van der Waals surface area contributed by atoms with E-state index in [0.29, 0.717) is 13.1 Å². The van der Waals surface area contributed by atoms with Gasteiger partial charge in [-0.25, -0.2) is 0 Å². The van der Waals surface area contributed by atoms with Gasteiger partial charge in [-0.1, -0.05) is 0 Å². The highest BCUT2D eigenvalue weighted by atomic mass is 32.1. The van der Waals surface area contributed by atoms with Gasteiger partial charge < -0.3 is 9.64 Å². The normalized spacial score (nSPS) is 17.4. The van der Waals surface area contributed by atoms with Gasteiger partial charge in [-0.15, -0.1) is 11.3 Å². The molecule has 0 spiro atoms. The van der Waals surface area contributed by atoms with Crippen LogP contribution < -0.4 is 4.74 Å². The number of hydrogen-bond donors (Lipinski definition) is 0. The number of aryl methyl sites for hydroxylation is 2. The topological polar surface area (TPSA) is 46.6 Å². The second-order valence-electron chi connectivity index (χ2n) is 7.43. The predicted molar refractivity (Wildman–Crippen MR) is 107 cm³/mol. The van der Waals surface area contributed by atoms with Gasteiger partial charge in [0.05, 0.1) is 12.0 Å². The summed E-state index contributed by atoms with van der Waals surface area (Å²) in [6.07, 6.45) is 6.17. The number of amides is 1. The molecule has 0 unspecified atom stereocenters. The molecule has 2 heterocycles. The molecular formula is C22H25NO3S. The van der Waals surface area contributed by atoms with E-state index >= 15 is 0 Å². The smallest absolute Gasteiger partial charge is 0.263 e. The minimum Gasteiger partial charge on any atom is -0.497 e. The molecule has 1 aliphatic carbocycles. The SMILES string of the molecule is COc1ccc(C(=O)C2CCN(C(=O)c3cc4c(s3)CCCC4)CC2)cc1. The summed E-state index contributed by atoms with van der Waals surface area (Å²) >= 11 is 1.67. The van der Waals surface area contributed by atoms with Crippen molar-refractivity contribution in [3.63, 3.8) is 0 Å². The molecule has 4 nitrogen and oxygen atoms in total. The quantitative estimate of drug-likeness (QED) is 0.737. The number of Topliss-reactive ketones (excluding diaryl/α,β-unsaturated/α-hetero) is 1. The van der Waals surface area contributed by atoms with Gasteiger partial charge >= 0.3 is 0 Å². The molecule has 0 saturated carbocycles. The van der Waals surface area contributed by atoms with E-state index in [1.807, 2.05) is 29.2 Å². The number of ether oxygens (including phenoxy) is 1. The lowest BCUT2D eigenvalue weighted by Crippen LogP contribution is -2.40. The number of rotatable bonds is 4. The Hall–Kier alpha value is -2.14. The molecule has 1 saturated heterocycles. The largest absolute Gasteiger partial charge is 0.497 e. The van der Waals surface area contributed by atoms with Crippen LogP contribution in [-0.4, -0.2) is 36.8 Å². The summed E-state index contributed by atoms with van der Waals surface area (Å²) in [4.78, 5) is 29.8. The fraction of sp³-hybridized carbons (Fsp3) is 0.455. The van der Waals surface area contributed by atoms with Gasteiger partial charge in [0, 0.05) is 29.4 Å². The molecule has 0 bridgehead atoms. The maximum absolute atomic E-state index is 12.9. The van der Waals surface area contributed by atoms with Crippen LogP contribution in [0.5, 0.6) is 5.75 Å². The van der Waals surface area contributed by atoms with Gasteiger partial charge in [-0.2, -0.15) is 0 Å². The van der Waals surface area contributed by atoms with E-state index in [1.54, 1.807) is 18.4 Å². The van der Waals surface area contributed by atoms with Gasteiger partial charge in [0.2, 0.25) is 0 Å². The standard InChI is InChI=1S/C22H25NO3S/c1-26-18-8-6-15(7-9-18)21(24)16-10-12-23(13-11-16)22(25)20-14-17-4-2-3-5-19(17)27-20/h6-9,14,16H,2-5,10-13H2,1H3. The molecule has 1 aliphatic heterocycles. The summed E-state index contributed by atoms with van der Waals surface area (Å²) in [5.74, 6) is 1.07. The van der Waals surface area contributed by atoms with Crippen LogP contribution in [0.25, 0.3) is 0 Å². The van der Waals surface area contributed by atoms with Crippen LogP contribution in [0.2, 0.25) is 0 Å². The lowest BCUT2D eigenvalue weighted by molar-refractivity contribution is 0.0654. The first kappa shape index (κ1) is 18.2. The van der Waals surface area contributed by atoms with Crippen LogP contribution in [0.3, 0.4) is 0 Å². The summed E-state index contributed by atoms with van der Waals surface area (Å²) in [5, 5.41) is 0. The Morgan fingerprint density at radius 1 is 1.07 bits per heavy atom. The van der Waals surface area contributed by atoms with Gasteiger partial charge in [0.15, 0.2) is 5.78 Å². The Labute approximate surface area is 164 Å². The minimum atomic E-state index is -0.000939. The number of carbonyl (C=O) groups excluding carboxylic acids is 2. The van der Waals surface area contributed by atoms with Crippen molar-refractivity contribution in [1.82, 2.24) is 4.90 Å². The average molecular weight is 384 g/mol. The van der Waals surface area contributed by atoms with Gasteiger partial charge in [0.25, 0.3) is 5.91 Å². The summed E-state index contributed by atoms with van der Waals surface area (Å²) in [5.41, 5.74) is 2.10. The van der Waals surface area contributed by atoms with E-state index in [0.717, 1.165) is 41.9 Å². The minimum absolute atomic E-state index is 0.000939. The molecule has 0 atom stereocenters. The first-order valence-corrected chi connectivity index (χ1v) is 10.6. The first-order valence-electron chi connectivity index (χ1n) is 9.75. The van der Waals surface area contributed by atoms with Crippen LogP contribution in [0.15, 0.2) is 30.3 Å². The molecule has 5 heteroatoms. The molecular weight excluding hydrogens is 358 g/mol. The fourth-order valence-electron chi connectivity index (χ4n) is 4.09. The molecule has 1 fully saturated rings. The number of thiophene rings is 1. The second kappa shape index (κ2) is 7.85. The number of carbonyl (C=O) groups is 2. The van der Waals surface area contributed by atoms with Crippen LogP contribution >= 0.6 is 11.3 Å². The molecule has 0 N–H and O–H groups in total. The van der Waals surface area contributed by atoms with Crippen LogP contribution in [-0.2, 0) is 12.8 Å². The van der Waals surface area contributed by atoms with Gasteiger partial charge in [-0.05, 0) is 74.4 Å². The zero-order valence-electron chi connectivity index (χ0n) is 15.7. The summed E-state index contributed by atoms with van der Waals surface area (Å²) in [6, 6.07) is 9.41. The zero-order valence-corrected chi connectivity index (χ0v) is 16.5. The van der Waals surface area contributed by atoms with E-state index in [2.05, 4.69) is 6.07 Å². The first-order chi connectivity index (χ1) is 13.2. The number of benzene rings is 1. The number of methoxy groups -OCH3 is 1. The Balaban J connectivity index is 1.37. The maximum atomic E-state index is 12.9.